The van der Waals surface area contributed by atoms with Gasteiger partial charge in [-0.25, -0.2) is 0 Å². The van der Waals surface area contributed by atoms with Crippen molar-refractivity contribution in [3.05, 3.63) is 0 Å². The molecule has 0 saturated heterocycles. The Bertz CT molecular complexity index is 213. The van der Waals surface area contributed by atoms with Gasteiger partial charge in [-0.05, 0) is 38.9 Å². The van der Waals surface area contributed by atoms with Gasteiger partial charge in [0.1, 0.15) is 0 Å². The molecule has 1 rings (SSSR count). The zero-order chi connectivity index (χ0) is 12.5. The molecule has 0 bridgehead atoms. The van der Waals surface area contributed by atoms with E-state index in [1.54, 1.807) is 0 Å². The molecule has 4 heteroatoms. The van der Waals surface area contributed by atoms with Gasteiger partial charge >= 0.3 is 0 Å². The van der Waals surface area contributed by atoms with Crippen molar-refractivity contribution < 1.29 is 4.79 Å². The van der Waals surface area contributed by atoms with E-state index in [0.717, 1.165) is 39.1 Å². The first-order valence-corrected chi connectivity index (χ1v) is 6.98. The third-order valence-corrected chi connectivity index (χ3v) is 3.20. The van der Waals surface area contributed by atoms with Crippen LogP contribution in [0, 0.1) is 0 Å². The first-order valence-electron chi connectivity index (χ1n) is 6.98. The summed E-state index contributed by atoms with van der Waals surface area (Å²) in [4.78, 5) is 13.8. The Balaban J connectivity index is 1.84. The fourth-order valence-corrected chi connectivity index (χ4v) is 1.80. The summed E-state index contributed by atoms with van der Waals surface area (Å²) >= 11 is 0. The molecule has 1 fully saturated rings. The minimum absolute atomic E-state index is 0.220. The van der Waals surface area contributed by atoms with Crippen LogP contribution in [-0.4, -0.2) is 49.6 Å². The third-order valence-electron chi connectivity index (χ3n) is 3.20. The average molecular weight is 241 g/mol. The molecule has 17 heavy (non-hydrogen) atoms. The molecule has 1 aliphatic carbocycles. The summed E-state index contributed by atoms with van der Waals surface area (Å²) in [5, 5.41) is 6.39. The number of hydrogen-bond donors (Lipinski definition) is 2. The Morgan fingerprint density at radius 1 is 1.24 bits per heavy atom. The number of likely N-dealkylation sites (N-methyl/N-ethyl adjacent to an activating group) is 1. The number of nitrogens with one attached hydrogen (secondary N) is 2. The van der Waals surface area contributed by atoms with E-state index in [9.17, 15) is 4.79 Å². The monoisotopic (exact) mass is 241 g/mol. The number of amides is 1. The molecule has 0 aromatic rings. The van der Waals surface area contributed by atoms with Gasteiger partial charge in [-0.1, -0.05) is 13.8 Å². The van der Waals surface area contributed by atoms with Gasteiger partial charge in [0.15, 0.2) is 0 Å². The topological polar surface area (TPSA) is 44.4 Å². The summed E-state index contributed by atoms with van der Waals surface area (Å²) in [6.07, 6.45) is 3.95. The highest BCUT2D eigenvalue weighted by Gasteiger charge is 2.22. The van der Waals surface area contributed by atoms with Crippen molar-refractivity contribution in [2.45, 2.75) is 45.6 Å². The Kier molecular flexibility index (Phi) is 7.21. The highest BCUT2D eigenvalue weighted by molar-refractivity contribution is 5.76. The van der Waals surface area contributed by atoms with Crippen LogP contribution >= 0.6 is 0 Å². The van der Waals surface area contributed by atoms with Gasteiger partial charge < -0.3 is 15.5 Å². The van der Waals surface area contributed by atoms with Crippen molar-refractivity contribution in [1.82, 2.24) is 15.5 Å². The van der Waals surface area contributed by atoms with Crippen molar-refractivity contribution in [1.29, 1.82) is 0 Å². The van der Waals surface area contributed by atoms with E-state index >= 15 is 0 Å². The summed E-state index contributed by atoms with van der Waals surface area (Å²) in [6, 6.07) is 0.498. The van der Waals surface area contributed by atoms with Crippen molar-refractivity contribution in [2.75, 3.05) is 32.7 Å². The molecule has 4 nitrogen and oxygen atoms in total. The Morgan fingerprint density at radius 3 is 2.53 bits per heavy atom. The van der Waals surface area contributed by atoms with Crippen molar-refractivity contribution in [3.8, 4) is 0 Å². The zero-order valence-corrected chi connectivity index (χ0v) is 11.3. The minimum Gasteiger partial charge on any atom is -0.353 e. The van der Waals surface area contributed by atoms with Gasteiger partial charge in [0.05, 0.1) is 0 Å². The average Bonchev–Trinajstić information content (AvgIpc) is 3.12. The second-order valence-electron chi connectivity index (χ2n) is 4.72. The third kappa shape index (κ3) is 7.34. The van der Waals surface area contributed by atoms with Crippen LogP contribution in [0.3, 0.4) is 0 Å². The van der Waals surface area contributed by atoms with Gasteiger partial charge in [-0.2, -0.15) is 0 Å². The van der Waals surface area contributed by atoms with E-state index in [1.807, 2.05) is 0 Å². The maximum Gasteiger partial charge on any atom is 0.220 e. The second kappa shape index (κ2) is 8.48. The van der Waals surface area contributed by atoms with Crippen LogP contribution in [0.15, 0.2) is 0 Å². The first-order chi connectivity index (χ1) is 8.26. The van der Waals surface area contributed by atoms with Crippen LogP contribution in [0.25, 0.3) is 0 Å². The van der Waals surface area contributed by atoms with Gasteiger partial charge in [-0.15, -0.1) is 0 Å². The van der Waals surface area contributed by atoms with Crippen molar-refractivity contribution in [3.63, 3.8) is 0 Å². The molecule has 1 amide bonds. The molecule has 0 aromatic heterocycles. The highest BCUT2D eigenvalue weighted by atomic mass is 16.1. The van der Waals surface area contributed by atoms with Gasteiger partial charge in [0, 0.05) is 25.6 Å². The molecule has 1 saturated carbocycles. The van der Waals surface area contributed by atoms with E-state index in [1.165, 1.54) is 12.8 Å². The van der Waals surface area contributed by atoms with Crippen LogP contribution < -0.4 is 10.6 Å². The first kappa shape index (κ1) is 14.5. The van der Waals surface area contributed by atoms with Gasteiger partial charge in [-0.3, -0.25) is 4.79 Å². The number of hydrogen-bond acceptors (Lipinski definition) is 3. The van der Waals surface area contributed by atoms with Crippen molar-refractivity contribution >= 4 is 5.91 Å². The lowest BCUT2D eigenvalue weighted by molar-refractivity contribution is -0.121. The Hall–Kier alpha value is -0.610. The minimum atomic E-state index is 0.220. The number of nitrogens with zero attached hydrogens (tertiary/aromatic N) is 1. The molecule has 0 atom stereocenters. The smallest absolute Gasteiger partial charge is 0.220 e. The lowest BCUT2D eigenvalue weighted by atomic mass is 10.3. The SMILES string of the molecule is CCN(CC)CCNCCCC(=O)NC1CC1. The molecule has 0 aromatic carbocycles. The summed E-state index contributed by atoms with van der Waals surface area (Å²) < 4.78 is 0. The van der Waals surface area contributed by atoms with E-state index in [-0.39, 0.29) is 5.91 Å². The second-order valence-corrected chi connectivity index (χ2v) is 4.72. The van der Waals surface area contributed by atoms with Gasteiger partial charge in [0.2, 0.25) is 5.91 Å². The van der Waals surface area contributed by atoms with Crippen molar-refractivity contribution in [2.24, 2.45) is 0 Å². The van der Waals surface area contributed by atoms with E-state index in [0.29, 0.717) is 12.5 Å². The summed E-state index contributed by atoms with van der Waals surface area (Å²) in [6.45, 7) is 9.66. The lowest BCUT2D eigenvalue weighted by Gasteiger charge is -2.17. The fourth-order valence-electron chi connectivity index (χ4n) is 1.80. The highest BCUT2D eigenvalue weighted by Crippen LogP contribution is 2.18. The summed E-state index contributed by atoms with van der Waals surface area (Å²) in [7, 11) is 0. The number of carbonyl (C=O) groups is 1. The maximum atomic E-state index is 11.4. The van der Waals surface area contributed by atoms with Crippen LogP contribution in [0.5, 0.6) is 0 Å². The summed E-state index contributed by atoms with van der Waals surface area (Å²) in [5.74, 6) is 0.220. The molecule has 0 radical (unpaired) electrons. The van der Waals surface area contributed by atoms with E-state index < -0.39 is 0 Å². The molecular formula is C13H27N3O. The lowest BCUT2D eigenvalue weighted by Crippen LogP contribution is -2.32. The standard InChI is InChI=1S/C13H27N3O/c1-3-16(4-2)11-10-14-9-5-6-13(17)15-12-7-8-12/h12,14H,3-11H2,1-2H3,(H,15,17). The predicted octanol–water partition coefficient (Wildman–Crippen LogP) is 0.977. The number of carbonyl (C=O) groups excluding carboxylic acids is 1. The van der Waals surface area contributed by atoms with Crippen LogP contribution in [-0.2, 0) is 4.79 Å². The largest absolute Gasteiger partial charge is 0.353 e. The predicted molar refractivity (Wildman–Crippen MR) is 71.1 cm³/mol. The molecule has 0 spiro atoms. The Labute approximate surface area is 105 Å². The molecule has 1 aliphatic rings. The van der Waals surface area contributed by atoms with Crippen LogP contribution in [0.2, 0.25) is 0 Å². The quantitative estimate of drug-likeness (QED) is 0.560. The van der Waals surface area contributed by atoms with Gasteiger partial charge in [0.25, 0.3) is 0 Å². The fraction of sp³-hybridized carbons (Fsp3) is 0.923. The number of rotatable bonds is 10. The molecule has 100 valence electrons. The molecule has 0 aliphatic heterocycles. The van der Waals surface area contributed by atoms with Crippen LogP contribution in [0.1, 0.15) is 39.5 Å². The zero-order valence-electron chi connectivity index (χ0n) is 11.3. The molecule has 0 unspecified atom stereocenters. The summed E-state index contributed by atoms with van der Waals surface area (Å²) in [5.41, 5.74) is 0. The van der Waals surface area contributed by atoms with E-state index in [4.69, 9.17) is 0 Å². The van der Waals surface area contributed by atoms with Crippen LogP contribution in [0.4, 0.5) is 0 Å². The van der Waals surface area contributed by atoms with E-state index in [2.05, 4.69) is 29.4 Å². The molecule has 0 heterocycles. The Morgan fingerprint density at radius 2 is 1.94 bits per heavy atom. The molecular weight excluding hydrogens is 214 g/mol. The molecule has 2 N–H and O–H groups in total. The normalized spacial score (nSPS) is 15.2. The maximum absolute atomic E-state index is 11.4.